The fourth-order valence-corrected chi connectivity index (χ4v) is 2.65. The van der Waals surface area contributed by atoms with E-state index in [4.69, 9.17) is 0 Å². The minimum absolute atomic E-state index is 0.358. The van der Waals surface area contributed by atoms with Crippen molar-refractivity contribution in [3.8, 4) is 0 Å². The lowest BCUT2D eigenvalue weighted by atomic mass is 10.0. The second-order valence-electron chi connectivity index (χ2n) is 5.80. The first-order valence-corrected chi connectivity index (χ1v) is 8.07. The zero-order chi connectivity index (χ0) is 15.2. The van der Waals surface area contributed by atoms with Crippen molar-refractivity contribution in [2.75, 3.05) is 0 Å². The normalized spacial score (nSPS) is 13.9. The average molecular weight is 281 g/mol. The summed E-state index contributed by atoms with van der Waals surface area (Å²) in [5.74, 6) is 0. The molecule has 0 aliphatic rings. The van der Waals surface area contributed by atoms with Crippen LogP contribution in [-0.2, 0) is 12.8 Å². The van der Waals surface area contributed by atoms with Gasteiger partial charge in [-0.15, -0.1) is 0 Å². The lowest BCUT2D eigenvalue weighted by Crippen LogP contribution is -2.22. The molecule has 0 aliphatic heterocycles. The third-order valence-corrected chi connectivity index (χ3v) is 4.28. The predicted octanol–water partition coefficient (Wildman–Crippen LogP) is 5.22. The Morgan fingerprint density at radius 1 is 0.667 bits per heavy atom. The van der Waals surface area contributed by atoms with Gasteiger partial charge in [0.15, 0.2) is 0 Å². The molecule has 2 atom stereocenters. The molecule has 2 rings (SSSR count). The summed E-state index contributed by atoms with van der Waals surface area (Å²) >= 11 is 0. The van der Waals surface area contributed by atoms with Gasteiger partial charge >= 0.3 is 0 Å². The largest absolute Gasteiger partial charge is 0.304 e. The minimum atomic E-state index is 0.358. The molecule has 0 saturated heterocycles. The van der Waals surface area contributed by atoms with Crippen molar-refractivity contribution in [3.63, 3.8) is 0 Å². The Hall–Kier alpha value is -1.60. The molecule has 2 aromatic rings. The first kappa shape index (κ1) is 15.8. The highest BCUT2D eigenvalue weighted by molar-refractivity contribution is 5.27. The summed E-state index contributed by atoms with van der Waals surface area (Å²) < 4.78 is 0. The van der Waals surface area contributed by atoms with Gasteiger partial charge in [-0.3, -0.25) is 0 Å². The summed E-state index contributed by atoms with van der Waals surface area (Å²) in [5.41, 5.74) is 5.50. The molecule has 0 radical (unpaired) electrons. The van der Waals surface area contributed by atoms with Crippen LogP contribution >= 0.6 is 0 Å². The van der Waals surface area contributed by atoms with Crippen LogP contribution in [0.15, 0.2) is 48.5 Å². The third-order valence-electron chi connectivity index (χ3n) is 4.28. The Kier molecular flexibility index (Phi) is 5.58. The van der Waals surface area contributed by atoms with Crippen molar-refractivity contribution in [2.24, 2.45) is 0 Å². The molecule has 2 aromatic carbocycles. The molecule has 0 saturated carbocycles. The molecule has 0 bridgehead atoms. The van der Waals surface area contributed by atoms with E-state index >= 15 is 0 Å². The van der Waals surface area contributed by atoms with E-state index in [0.29, 0.717) is 12.1 Å². The van der Waals surface area contributed by atoms with Crippen LogP contribution in [0, 0.1) is 0 Å². The quantitative estimate of drug-likeness (QED) is 0.765. The SMILES string of the molecule is CCc1ccc(C(C)NC(C)c2ccc(CC)cc2)cc1. The first-order valence-electron chi connectivity index (χ1n) is 8.07. The molecule has 2 unspecified atom stereocenters. The van der Waals surface area contributed by atoms with Gasteiger partial charge in [0.2, 0.25) is 0 Å². The van der Waals surface area contributed by atoms with Gasteiger partial charge in [0, 0.05) is 12.1 Å². The molecule has 0 fully saturated rings. The summed E-state index contributed by atoms with van der Waals surface area (Å²) in [7, 11) is 0. The lowest BCUT2D eigenvalue weighted by Gasteiger charge is -2.21. The Balaban J connectivity index is 2.01. The average Bonchev–Trinajstić information content (AvgIpc) is 2.55. The Labute approximate surface area is 129 Å². The van der Waals surface area contributed by atoms with Gasteiger partial charge < -0.3 is 5.32 Å². The van der Waals surface area contributed by atoms with Crippen LogP contribution in [0.2, 0.25) is 0 Å². The third kappa shape index (κ3) is 4.18. The van der Waals surface area contributed by atoms with E-state index in [-0.39, 0.29) is 0 Å². The monoisotopic (exact) mass is 281 g/mol. The van der Waals surface area contributed by atoms with Gasteiger partial charge in [-0.25, -0.2) is 0 Å². The highest BCUT2D eigenvalue weighted by Crippen LogP contribution is 2.20. The summed E-state index contributed by atoms with van der Waals surface area (Å²) in [6, 6.07) is 18.6. The van der Waals surface area contributed by atoms with Crippen LogP contribution in [0.5, 0.6) is 0 Å². The molecular weight excluding hydrogens is 254 g/mol. The van der Waals surface area contributed by atoms with E-state index in [1.165, 1.54) is 22.3 Å². The maximum atomic E-state index is 3.69. The molecule has 1 nitrogen and oxygen atoms in total. The van der Waals surface area contributed by atoms with Gasteiger partial charge in [0.25, 0.3) is 0 Å². The van der Waals surface area contributed by atoms with Crippen molar-refractivity contribution in [1.82, 2.24) is 5.32 Å². The van der Waals surface area contributed by atoms with Crippen LogP contribution < -0.4 is 5.32 Å². The van der Waals surface area contributed by atoms with E-state index < -0.39 is 0 Å². The maximum absolute atomic E-state index is 3.69. The summed E-state index contributed by atoms with van der Waals surface area (Å²) in [5, 5.41) is 3.69. The van der Waals surface area contributed by atoms with Gasteiger partial charge in [-0.05, 0) is 48.9 Å². The highest BCUT2D eigenvalue weighted by atomic mass is 14.9. The fourth-order valence-electron chi connectivity index (χ4n) is 2.65. The zero-order valence-corrected chi connectivity index (χ0v) is 13.7. The molecule has 1 heteroatoms. The fraction of sp³-hybridized carbons (Fsp3) is 0.400. The Bertz CT molecular complexity index is 488. The molecule has 21 heavy (non-hydrogen) atoms. The van der Waals surface area contributed by atoms with Crippen molar-refractivity contribution in [2.45, 2.75) is 52.6 Å². The first-order chi connectivity index (χ1) is 10.1. The number of benzene rings is 2. The Morgan fingerprint density at radius 2 is 1.00 bits per heavy atom. The van der Waals surface area contributed by atoms with Crippen LogP contribution in [0.3, 0.4) is 0 Å². The standard InChI is InChI=1S/C20H27N/c1-5-17-7-11-19(12-8-17)15(3)21-16(4)20-13-9-18(6-2)10-14-20/h7-16,21H,5-6H2,1-4H3. The zero-order valence-electron chi connectivity index (χ0n) is 13.7. The molecule has 0 amide bonds. The molecule has 0 aromatic heterocycles. The molecule has 0 spiro atoms. The predicted molar refractivity (Wildman–Crippen MR) is 91.6 cm³/mol. The molecule has 112 valence electrons. The summed E-state index contributed by atoms with van der Waals surface area (Å²) in [6.45, 7) is 8.85. The van der Waals surface area contributed by atoms with Crippen LogP contribution in [0.1, 0.15) is 62.0 Å². The van der Waals surface area contributed by atoms with E-state index in [0.717, 1.165) is 12.8 Å². The lowest BCUT2D eigenvalue weighted by molar-refractivity contribution is 0.494. The number of hydrogen-bond acceptors (Lipinski definition) is 1. The Morgan fingerprint density at radius 3 is 1.29 bits per heavy atom. The van der Waals surface area contributed by atoms with E-state index in [1.807, 2.05) is 0 Å². The summed E-state index contributed by atoms with van der Waals surface area (Å²) in [4.78, 5) is 0. The van der Waals surface area contributed by atoms with E-state index in [9.17, 15) is 0 Å². The van der Waals surface area contributed by atoms with E-state index in [1.54, 1.807) is 0 Å². The van der Waals surface area contributed by atoms with Gasteiger partial charge in [0.1, 0.15) is 0 Å². The van der Waals surface area contributed by atoms with Crippen molar-refractivity contribution < 1.29 is 0 Å². The van der Waals surface area contributed by atoms with Crippen molar-refractivity contribution in [3.05, 3.63) is 70.8 Å². The van der Waals surface area contributed by atoms with Gasteiger partial charge in [-0.1, -0.05) is 62.4 Å². The smallest absolute Gasteiger partial charge is 0.0297 e. The number of aryl methyl sites for hydroxylation is 2. The molecule has 1 N–H and O–H groups in total. The van der Waals surface area contributed by atoms with Crippen LogP contribution in [0.4, 0.5) is 0 Å². The molecule has 0 heterocycles. The van der Waals surface area contributed by atoms with Crippen molar-refractivity contribution in [1.29, 1.82) is 0 Å². The molecule has 0 aliphatic carbocycles. The number of hydrogen-bond donors (Lipinski definition) is 1. The minimum Gasteiger partial charge on any atom is -0.304 e. The summed E-state index contributed by atoms with van der Waals surface area (Å²) in [6.07, 6.45) is 2.20. The van der Waals surface area contributed by atoms with Crippen LogP contribution in [-0.4, -0.2) is 0 Å². The topological polar surface area (TPSA) is 12.0 Å². The number of rotatable bonds is 6. The van der Waals surface area contributed by atoms with Crippen LogP contribution in [0.25, 0.3) is 0 Å². The second-order valence-corrected chi connectivity index (χ2v) is 5.80. The maximum Gasteiger partial charge on any atom is 0.0297 e. The van der Waals surface area contributed by atoms with Crippen molar-refractivity contribution >= 4 is 0 Å². The van der Waals surface area contributed by atoms with Gasteiger partial charge in [0.05, 0.1) is 0 Å². The second kappa shape index (κ2) is 7.42. The molecular formula is C20H27N. The highest BCUT2D eigenvalue weighted by Gasteiger charge is 2.11. The van der Waals surface area contributed by atoms with E-state index in [2.05, 4.69) is 81.5 Å². The number of nitrogens with one attached hydrogen (secondary N) is 1. The van der Waals surface area contributed by atoms with Gasteiger partial charge in [-0.2, -0.15) is 0 Å².